The number of ether oxygens (including phenoxy) is 1. The molecule has 3 rings (SSSR count). The number of imidazole rings is 1. The highest BCUT2D eigenvalue weighted by atomic mass is 16.5. The maximum absolute atomic E-state index is 12.4. The number of likely N-dealkylation sites (tertiary alicyclic amines) is 1. The second-order valence-corrected chi connectivity index (χ2v) is 7.72. The van der Waals surface area contributed by atoms with Crippen molar-refractivity contribution in [2.24, 2.45) is 5.92 Å². The molecule has 1 aromatic rings. The molecule has 1 atom stereocenters. The van der Waals surface area contributed by atoms with E-state index in [1.54, 1.807) is 6.20 Å². The molecule has 2 aliphatic rings. The summed E-state index contributed by atoms with van der Waals surface area (Å²) in [6.45, 7) is 5.72. The minimum absolute atomic E-state index is 0.125. The quantitative estimate of drug-likeness (QED) is 0.752. The molecule has 0 saturated carbocycles. The van der Waals surface area contributed by atoms with Crippen molar-refractivity contribution in [2.75, 3.05) is 26.2 Å². The van der Waals surface area contributed by atoms with Crippen LogP contribution in [0.3, 0.4) is 0 Å². The number of nitrogens with one attached hydrogen (secondary N) is 1. The summed E-state index contributed by atoms with van der Waals surface area (Å²) >= 11 is 0. The van der Waals surface area contributed by atoms with Crippen molar-refractivity contribution < 1.29 is 14.3 Å². The molecular formula is C20H32N4O3. The Morgan fingerprint density at radius 2 is 2.07 bits per heavy atom. The van der Waals surface area contributed by atoms with Gasteiger partial charge in [-0.2, -0.15) is 0 Å². The number of carbonyl (C=O) groups is 2. The van der Waals surface area contributed by atoms with Crippen LogP contribution < -0.4 is 5.32 Å². The molecule has 150 valence electrons. The zero-order valence-electron chi connectivity index (χ0n) is 16.4. The van der Waals surface area contributed by atoms with Crippen molar-refractivity contribution in [3.8, 4) is 0 Å². The fraction of sp³-hybridized carbons (Fsp3) is 0.750. The van der Waals surface area contributed by atoms with Gasteiger partial charge in [-0.05, 0) is 44.9 Å². The molecule has 7 heteroatoms. The first-order valence-corrected chi connectivity index (χ1v) is 10.3. The summed E-state index contributed by atoms with van der Waals surface area (Å²) in [6, 6.07) is 0. The fourth-order valence-electron chi connectivity index (χ4n) is 3.94. The average molecular weight is 377 g/mol. The van der Waals surface area contributed by atoms with E-state index in [1.165, 1.54) is 0 Å². The summed E-state index contributed by atoms with van der Waals surface area (Å²) in [6.07, 6.45) is 10.0. The van der Waals surface area contributed by atoms with E-state index in [1.807, 2.05) is 22.6 Å². The fourth-order valence-corrected chi connectivity index (χ4v) is 3.94. The molecule has 2 saturated heterocycles. The molecule has 2 fully saturated rings. The van der Waals surface area contributed by atoms with Crippen LogP contribution in [-0.2, 0) is 20.9 Å². The Morgan fingerprint density at radius 1 is 1.26 bits per heavy atom. The second-order valence-electron chi connectivity index (χ2n) is 7.72. The van der Waals surface area contributed by atoms with Gasteiger partial charge in [0.15, 0.2) is 0 Å². The van der Waals surface area contributed by atoms with Crippen molar-refractivity contribution in [3.63, 3.8) is 0 Å². The maximum Gasteiger partial charge on any atom is 0.224 e. The smallest absolute Gasteiger partial charge is 0.224 e. The molecule has 27 heavy (non-hydrogen) atoms. The number of aromatic nitrogens is 2. The zero-order chi connectivity index (χ0) is 19.1. The van der Waals surface area contributed by atoms with Crippen LogP contribution in [0.4, 0.5) is 0 Å². The number of piperidine rings is 1. The molecule has 0 radical (unpaired) electrons. The number of rotatable bonds is 8. The number of carbonyl (C=O) groups excluding carboxylic acids is 2. The van der Waals surface area contributed by atoms with Crippen LogP contribution in [0.1, 0.15) is 50.8 Å². The van der Waals surface area contributed by atoms with Crippen molar-refractivity contribution in [1.29, 1.82) is 0 Å². The van der Waals surface area contributed by atoms with Gasteiger partial charge in [0.25, 0.3) is 0 Å². The predicted molar refractivity (Wildman–Crippen MR) is 102 cm³/mol. The Kier molecular flexibility index (Phi) is 7.26. The SMILES string of the molecule is Cc1nccn1CCC(=O)N1CCC(CCC(=O)NC[C@@H]2CCCO2)CC1. The predicted octanol–water partition coefficient (Wildman–Crippen LogP) is 1.90. The molecule has 2 amide bonds. The lowest BCUT2D eigenvalue weighted by molar-refractivity contribution is -0.133. The Morgan fingerprint density at radius 3 is 2.74 bits per heavy atom. The van der Waals surface area contributed by atoms with Gasteiger partial charge in [0, 0.05) is 58.0 Å². The topological polar surface area (TPSA) is 76.5 Å². The second kappa shape index (κ2) is 9.88. The molecule has 0 spiro atoms. The van der Waals surface area contributed by atoms with E-state index < -0.39 is 0 Å². The van der Waals surface area contributed by atoms with Crippen molar-refractivity contribution in [3.05, 3.63) is 18.2 Å². The third kappa shape index (κ3) is 6.06. The van der Waals surface area contributed by atoms with E-state index in [-0.39, 0.29) is 17.9 Å². The molecule has 0 aliphatic carbocycles. The summed E-state index contributed by atoms with van der Waals surface area (Å²) in [5.41, 5.74) is 0. The normalized spacial score (nSPS) is 20.8. The number of aryl methyl sites for hydroxylation is 2. The summed E-state index contributed by atoms with van der Waals surface area (Å²) < 4.78 is 7.54. The van der Waals surface area contributed by atoms with Crippen LogP contribution in [0.15, 0.2) is 12.4 Å². The van der Waals surface area contributed by atoms with Crippen molar-refractivity contribution >= 4 is 11.8 Å². The van der Waals surface area contributed by atoms with Crippen LogP contribution in [0.5, 0.6) is 0 Å². The first kappa shape index (κ1) is 19.9. The first-order chi connectivity index (χ1) is 13.1. The third-order valence-corrected chi connectivity index (χ3v) is 5.79. The highest BCUT2D eigenvalue weighted by molar-refractivity contribution is 5.76. The Hall–Kier alpha value is -1.89. The Labute approximate surface area is 161 Å². The molecular weight excluding hydrogens is 344 g/mol. The molecule has 3 heterocycles. The first-order valence-electron chi connectivity index (χ1n) is 10.3. The summed E-state index contributed by atoms with van der Waals surface area (Å²) in [5, 5.41) is 2.99. The van der Waals surface area contributed by atoms with E-state index >= 15 is 0 Å². The number of nitrogens with zero attached hydrogens (tertiary/aromatic N) is 3. The van der Waals surface area contributed by atoms with Gasteiger partial charge in [-0.3, -0.25) is 9.59 Å². The Balaban J connectivity index is 1.28. The van der Waals surface area contributed by atoms with E-state index in [9.17, 15) is 9.59 Å². The number of hydrogen-bond acceptors (Lipinski definition) is 4. The summed E-state index contributed by atoms with van der Waals surface area (Å²) in [4.78, 5) is 30.6. The Bertz CT molecular complexity index is 616. The van der Waals surface area contributed by atoms with Gasteiger partial charge in [0.05, 0.1) is 6.10 Å². The largest absolute Gasteiger partial charge is 0.376 e. The van der Waals surface area contributed by atoms with Gasteiger partial charge >= 0.3 is 0 Å². The van der Waals surface area contributed by atoms with Crippen LogP contribution in [0, 0.1) is 12.8 Å². The van der Waals surface area contributed by atoms with Crippen molar-refractivity contribution in [1.82, 2.24) is 19.8 Å². The molecule has 2 aliphatic heterocycles. The highest BCUT2D eigenvalue weighted by Gasteiger charge is 2.23. The average Bonchev–Trinajstić information content (AvgIpc) is 3.35. The lowest BCUT2D eigenvalue weighted by atomic mass is 9.92. The van der Waals surface area contributed by atoms with Crippen LogP contribution in [0.2, 0.25) is 0 Å². The van der Waals surface area contributed by atoms with E-state index in [2.05, 4.69) is 10.3 Å². The molecule has 1 aromatic heterocycles. The van der Waals surface area contributed by atoms with E-state index in [0.29, 0.717) is 31.8 Å². The molecule has 1 N–H and O–H groups in total. The number of hydrogen-bond donors (Lipinski definition) is 1. The van der Waals surface area contributed by atoms with Gasteiger partial charge in [-0.15, -0.1) is 0 Å². The molecule has 0 aromatic carbocycles. The van der Waals surface area contributed by atoms with Gasteiger partial charge in [-0.1, -0.05) is 0 Å². The summed E-state index contributed by atoms with van der Waals surface area (Å²) in [7, 11) is 0. The lowest BCUT2D eigenvalue weighted by Gasteiger charge is -2.32. The minimum atomic E-state index is 0.125. The standard InChI is InChI=1S/C20H32N4O3/c1-16-21-9-13-23(16)12-8-20(26)24-10-6-17(7-11-24)4-5-19(25)22-15-18-3-2-14-27-18/h9,13,17-18H,2-8,10-12,14-15H2,1H3,(H,22,25)/t18-/m0/s1. The molecule has 0 bridgehead atoms. The van der Waals surface area contributed by atoms with Crippen LogP contribution in [0.25, 0.3) is 0 Å². The molecule has 0 unspecified atom stereocenters. The third-order valence-electron chi connectivity index (χ3n) is 5.79. The van der Waals surface area contributed by atoms with Crippen LogP contribution in [-0.4, -0.2) is 58.6 Å². The van der Waals surface area contributed by atoms with Gasteiger partial charge < -0.3 is 19.5 Å². The van der Waals surface area contributed by atoms with Crippen LogP contribution >= 0.6 is 0 Å². The lowest BCUT2D eigenvalue weighted by Crippen LogP contribution is -2.39. The zero-order valence-corrected chi connectivity index (χ0v) is 16.4. The van der Waals surface area contributed by atoms with E-state index in [4.69, 9.17) is 4.74 Å². The monoisotopic (exact) mass is 376 g/mol. The van der Waals surface area contributed by atoms with Crippen molar-refractivity contribution in [2.45, 2.75) is 64.5 Å². The molecule has 7 nitrogen and oxygen atoms in total. The van der Waals surface area contributed by atoms with Gasteiger partial charge in [0.2, 0.25) is 11.8 Å². The summed E-state index contributed by atoms with van der Waals surface area (Å²) in [5.74, 6) is 1.83. The van der Waals surface area contributed by atoms with Gasteiger partial charge in [-0.25, -0.2) is 4.98 Å². The highest BCUT2D eigenvalue weighted by Crippen LogP contribution is 2.22. The number of amides is 2. The maximum atomic E-state index is 12.4. The van der Waals surface area contributed by atoms with Gasteiger partial charge in [0.1, 0.15) is 5.82 Å². The van der Waals surface area contributed by atoms with E-state index in [0.717, 1.165) is 57.6 Å². The minimum Gasteiger partial charge on any atom is -0.376 e.